The highest BCUT2D eigenvalue weighted by Gasteiger charge is 2.43. The van der Waals surface area contributed by atoms with Crippen LogP contribution >= 0.6 is 0 Å². The van der Waals surface area contributed by atoms with Gasteiger partial charge in [0, 0.05) is 13.3 Å². The lowest BCUT2D eigenvalue weighted by molar-refractivity contribution is -0.150. The van der Waals surface area contributed by atoms with Crippen LogP contribution in [0.15, 0.2) is 6.20 Å². The van der Waals surface area contributed by atoms with Gasteiger partial charge >= 0.3 is 0 Å². The maximum atomic E-state index is 9.91. The number of aliphatic hydroxyl groups is 2. The number of aliphatic hydroxyl groups excluding tert-OH is 2. The zero-order valence-electron chi connectivity index (χ0n) is 12.7. The van der Waals surface area contributed by atoms with Gasteiger partial charge in [0.15, 0.2) is 6.29 Å². The Labute approximate surface area is 124 Å². The van der Waals surface area contributed by atoms with Gasteiger partial charge in [-0.05, 0) is 12.8 Å². The second kappa shape index (κ2) is 7.84. The highest BCUT2D eigenvalue weighted by atomic mass is 16.7. The highest BCUT2D eigenvalue weighted by Crippen LogP contribution is 2.22. The molecule has 0 saturated carbocycles. The van der Waals surface area contributed by atoms with Gasteiger partial charge in [0.05, 0.1) is 12.2 Å². The predicted octanol–water partition coefficient (Wildman–Crippen LogP) is 0.494. The molecule has 0 unspecified atom stereocenters. The first-order chi connectivity index (χ1) is 10.2. The van der Waals surface area contributed by atoms with Crippen molar-refractivity contribution in [2.75, 3.05) is 7.11 Å². The molecule has 1 fully saturated rings. The summed E-state index contributed by atoms with van der Waals surface area (Å²) in [4.78, 5) is 0. The lowest BCUT2D eigenvalue weighted by Crippen LogP contribution is -2.34. The first-order valence-corrected chi connectivity index (χ1v) is 7.59. The van der Waals surface area contributed by atoms with Crippen LogP contribution in [0.2, 0.25) is 0 Å². The van der Waals surface area contributed by atoms with Gasteiger partial charge < -0.3 is 19.7 Å². The molecule has 7 nitrogen and oxygen atoms in total. The summed E-state index contributed by atoms with van der Waals surface area (Å²) in [6.45, 7) is 2.53. The van der Waals surface area contributed by atoms with Crippen LogP contribution in [0.25, 0.3) is 0 Å². The van der Waals surface area contributed by atoms with Crippen molar-refractivity contribution in [2.45, 2.75) is 70.2 Å². The molecule has 0 amide bonds. The Morgan fingerprint density at radius 2 is 2.10 bits per heavy atom. The van der Waals surface area contributed by atoms with E-state index in [0.29, 0.717) is 6.54 Å². The summed E-state index contributed by atoms with van der Waals surface area (Å²) in [5.74, 6) is 0. The number of aryl methyl sites for hydroxylation is 1. The Balaban J connectivity index is 1.82. The second-order valence-corrected chi connectivity index (χ2v) is 5.50. The van der Waals surface area contributed by atoms with Gasteiger partial charge in [0.25, 0.3) is 0 Å². The fourth-order valence-corrected chi connectivity index (χ4v) is 2.52. The average molecular weight is 299 g/mol. The third-order valence-electron chi connectivity index (χ3n) is 3.79. The van der Waals surface area contributed by atoms with Crippen LogP contribution in [0.1, 0.15) is 38.3 Å². The smallest absolute Gasteiger partial charge is 0.186 e. The summed E-state index contributed by atoms with van der Waals surface area (Å²) in [7, 11) is 1.44. The first kappa shape index (κ1) is 16.4. The van der Waals surface area contributed by atoms with Crippen molar-refractivity contribution in [1.82, 2.24) is 15.0 Å². The molecule has 1 aliphatic rings. The minimum atomic E-state index is -1.03. The van der Waals surface area contributed by atoms with Crippen LogP contribution in [-0.2, 0) is 22.4 Å². The number of unbranched alkanes of at least 4 members (excludes halogenated alkanes) is 3. The van der Waals surface area contributed by atoms with Gasteiger partial charge in [0.2, 0.25) is 0 Å². The minimum Gasteiger partial charge on any atom is -0.387 e. The lowest BCUT2D eigenvalue weighted by atomic mass is 10.1. The molecular formula is C14H25N3O4. The van der Waals surface area contributed by atoms with Crippen molar-refractivity contribution in [3.63, 3.8) is 0 Å². The predicted molar refractivity (Wildman–Crippen MR) is 75.6 cm³/mol. The lowest BCUT2D eigenvalue weighted by Gasteiger charge is -2.13. The van der Waals surface area contributed by atoms with Crippen LogP contribution in [0, 0.1) is 0 Å². The van der Waals surface area contributed by atoms with E-state index >= 15 is 0 Å². The summed E-state index contributed by atoms with van der Waals surface area (Å²) in [6.07, 6.45) is 4.21. The molecule has 2 N–H and O–H groups in total. The van der Waals surface area contributed by atoms with Crippen molar-refractivity contribution in [1.29, 1.82) is 0 Å². The molecule has 0 aliphatic carbocycles. The molecular weight excluding hydrogens is 274 g/mol. The van der Waals surface area contributed by atoms with E-state index in [4.69, 9.17) is 9.47 Å². The molecule has 0 bridgehead atoms. The van der Waals surface area contributed by atoms with Crippen molar-refractivity contribution in [3.05, 3.63) is 11.9 Å². The molecule has 2 heterocycles. The van der Waals surface area contributed by atoms with Gasteiger partial charge in [-0.2, -0.15) is 0 Å². The number of hydrogen-bond donors (Lipinski definition) is 2. The zero-order valence-corrected chi connectivity index (χ0v) is 12.7. The molecule has 2 rings (SSSR count). The largest absolute Gasteiger partial charge is 0.387 e. The average Bonchev–Trinajstić information content (AvgIpc) is 3.03. The van der Waals surface area contributed by atoms with E-state index in [0.717, 1.165) is 18.5 Å². The van der Waals surface area contributed by atoms with E-state index in [2.05, 4.69) is 17.2 Å². The summed E-state index contributed by atoms with van der Waals surface area (Å²) in [6, 6.07) is 0. The normalized spacial score (nSPS) is 29.1. The van der Waals surface area contributed by atoms with Crippen LogP contribution in [0.4, 0.5) is 0 Å². The van der Waals surface area contributed by atoms with E-state index in [-0.39, 0.29) is 0 Å². The van der Waals surface area contributed by atoms with E-state index in [9.17, 15) is 10.2 Å². The van der Waals surface area contributed by atoms with Crippen molar-refractivity contribution >= 4 is 0 Å². The fraction of sp³-hybridized carbons (Fsp3) is 0.857. The Morgan fingerprint density at radius 3 is 2.76 bits per heavy atom. The topological polar surface area (TPSA) is 89.6 Å². The minimum absolute atomic E-state index is 0.347. The molecule has 120 valence electrons. The van der Waals surface area contributed by atoms with Crippen molar-refractivity contribution in [3.8, 4) is 0 Å². The third kappa shape index (κ3) is 4.23. The van der Waals surface area contributed by atoms with Crippen LogP contribution < -0.4 is 0 Å². The van der Waals surface area contributed by atoms with Gasteiger partial charge in [-0.1, -0.05) is 31.4 Å². The number of ether oxygens (including phenoxy) is 2. The van der Waals surface area contributed by atoms with Gasteiger partial charge in [-0.15, -0.1) is 5.10 Å². The maximum absolute atomic E-state index is 9.91. The first-order valence-electron chi connectivity index (χ1n) is 7.59. The highest BCUT2D eigenvalue weighted by molar-refractivity contribution is 4.94. The molecule has 1 aromatic rings. The van der Waals surface area contributed by atoms with Crippen molar-refractivity contribution < 1.29 is 19.7 Å². The zero-order chi connectivity index (χ0) is 15.2. The molecule has 0 radical (unpaired) electrons. The number of nitrogens with zero attached hydrogens (tertiary/aromatic N) is 3. The number of aromatic nitrogens is 3. The standard InChI is InChI=1S/C14H25N3O4/c1-3-4-5-6-7-10-8-17(16-15-10)9-11-12(18)13(19)14(20-2)21-11/h8,11-14,18-19H,3-7,9H2,1-2H3/t11-,12-,13+,14+/m1/s1. The van der Waals surface area contributed by atoms with E-state index in [1.165, 1.54) is 26.4 Å². The molecule has 1 aromatic heterocycles. The fourth-order valence-electron chi connectivity index (χ4n) is 2.52. The molecule has 0 spiro atoms. The van der Waals surface area contributed by atoms with Gasteiger partial charge in [0.1, 0.15) is 18.3 Å². The molecule has 7 heteroatoms. The van der Waals surface area contributed by atoms with E-state index < -0.39 is 24.6 Å². The van der Waals surface area contributed by atoms with E-state index in [1.807, 2.05) is 6.20 Å². The van der Waals surface area contributed by atoms with Crippen LogP contribution in [-0.4, -0.2) is 56.9 Å². The maximum Gasteiger partial charge on any atom is 0.186 e. The van der Waals surface area contributed by atoms with Crippen molar-refractivity contribution in [2.24, 2.45) is 0 Å². The molecule has 0 aromatic carbocycles. The number of hydrogen-bond acceptors (Lipinski definition) is 6. The summed E-state index contributed by atoms with van der Waals surface area (Å²) in [5.41, 5.74) is 0.947. The monoisotopic (exact) mass is 299 g/mol. The quantitative estimate of drug-likeness (QED) is 0.679. The molecule has 21 heavy (non-hydrogen) atoms. The number of methoxy groups -OCH3 is 1. The third-order valence-corrected chi connectivity index (χ3v) is 3.79. The second-order valence-electron chi connectivity index (χ2n) is 5.50. The van der Waals surface area contributed by atoms with E-state index in [1.54, 1.807) is 4.68 Å². The Kier molecular flexibility index (Phi) is 6.10. The molecule has 1 saturated heterocycles. The molecule has 1 aliphatic heterocycles. The van der Waals surface area contributed by atoms with Gasteiger partial charge in [-0.3, -0.25) is 0 Å². The number of rotatable bonds is 8. The molecule has 4 atom stereocenters. The summed E-state index contributed by atoms with van der Waals surface area (Å²) < 4.78 is 12.1. The summed E-state index contributed by atoms with van der Waals surface area (Å²) in [5, 5.41) is 27.8. The van der Waals surface area contributed by atoms with Gasteiger partial charge in [-0.25, -0.2) is 4.68 Å². The summed E-state index contributed by atoms with van der Waals surface area (Å²) >= 11 is 0. The Hall–Kier alpha value is -1.02. The SMILES string of the molecule is CCCCCCc1cn(C[C@H]2O[C@H](OC)[C@@H](O)[C@@H]2O)nn1. The Morgan fingerprint density at radius 1 is 1.29 bits per heavy atom. The Bertz CT molecular complexity index is 426. The van der Waals surface area contributed by atoms with Crippen LogP contribution in [0.5, 0.6) is 0 Å². The van der Waals surface area contributed by atoms with Crippen LogP contribution in [0.3, 0.4) is 0 Å².